The number of benzene rings is 1. The molecule has 0 aliphatic rings. The van der Waals surface area contributed by atoms with Crippen LogP contribution >= 0.6 is 0 Å². The van der Waals surface area contributed by atoms with E-state index in [2.05, 4.69) is 0 Å². The summed E-state index contributed by atoms with van der Waals surface area (Å²) in [6, 6.07) is 5.00. The zero-order chi connectivity index (χ0) is 8.27. The van der Waals surface area contributed by atoms with Gasteiger partial charge in [0.05, 0.1) is 6.61 Å². The monoisotopic (exact) mass is 154 g/mol. The Hall–Kier alpha value is -0.890. The van der Waals surface area contributed by atoms with Crippen LogP contribution in [0.2, 0.25) is 0 Å². The molecule has 0 saturated heterocycles. The lowest BCUT2D eigenvalue weighted by Crippen LogP contribution is -1.92. The fraction of sp³-hybridized carbons (Fsp3) is 0.333. The Bertz CT molecular complexity index is 245. The molecule has 1 nitrogen and oxygen atoms in total. The van der Waals surface area contributed by atoms with Crippen molar-refractivity contribution in [1.82, 2.24) is 0 Å². The van der Waals surface area contributed by atoms with Crippen molar-refractivity contribution in [2.75, 3.05) is 7.11 Å². The van der Waals surface area contributed by atoms with E-state index in [1.807, 2.05) is 6.92 Å². The second-order valence-electron chi connectivity index (χ2n) is 2.53. The second-order valence-corrected chi connectivity index (χ2v) is 2.53. The molecule has 1 aromatic rings. The average Bonchev–Trinajstić information content (AvgIpc) is 1.98. The Labute approximate surface area is 65.8 Å². The predicted molar refractivity (Wildman–Crippen MR) is 41.9 cm³/mol. The lowest BCUT2D eigenvalue weighted by molar-refractivity contribution is 0.181. The minimum atomic E-state index is -0.197. The topological polar surface area (TPSA) is 9.23 Å². The van der Waals surface area contributed by atoms with E-state index in [4.69, 9.17) is 4.74 Å². The summed E-state index contributed by atoms with van der Waals surface area (Å²) in [4.78, 5) is 0. The Balaban J connectivity index is 2.93. The number of halogens is 1. The number of aryl methyl sites for hydroxylation is 1. The number of methoxy groups -OCH3 is 1. The Morgan fingerprint density at radius 1 is 1.45 bits per heavy atom. The highest BCUT2D eigenvalue weighted by Gasteiger charge is 1.99. The molecule has 0 radical (unpaired) electrons. The van der Waals surface area contributed by atoms with Gasteiger partial charge >= 0.3 is 0 Å². The summed E-state index contributed by atoms with van der Waals surface area (Å²) in [5.41, 5.74) is 1.67. The molecule has 1 rings (SSSR count). The Morgan fingerprint density at radius 2 is 2.18 bits per heavy atom. The first-order valence-corrected chi connectivity index (χ1v) is 3.48. The van der Waals surface area contributed by atoms with Crippen LogP contribution in [-0.2, 0) is 11.3 Å². The van der Waals surface area contributed by atoms with E-state index in [-0.39, 0.29) is 5.82 Å². The molecule has 0 aliphatic carbocycles. The van der Waals surface area contributed by atoms with Crippen LogP contribution in [0.4, 0.5) is 4.39 Å². The first-order chi connectivity index (χ1) is 5.24. The van der Waals surface area contributed by atoms with E-state index in [9.17, 15) is 4.39 Å². The third-order valence-corrected chi connectivity index (χ3v) is 1.50. The molecule has 60 valence electrons. The minimum Gasteiger partial charge on any atom is -0.380 e. The summed E-state index contributed by atoms with van der Waals surface area (Å²) < 4.78 is 17.7. The van der Waals surface area contributed by atoms with Gasteiger partial charge in [0.25, 0.3) is 0 Å². The van der Waals surface area contributed by atoms with Crippen molar-refractivity contribution in [2.45, 2.75) is 13.5 Å². The lowest BCUT2D eigenvalue weighted by atomic mass is 10.1. The van der Waals surface area contributed by atoms with Crippen LogP contribution in [0, 0.1) is 12.7 Å². The summed E-state index contributed by atoms with van der Waals surface area (Å²) in [7, 11) is 1.56. The van der Waals surface area contributed by atoms with Gasteiger partial charge in [0.15, 0.2) is 0 Å². The molecular weight excluding hydrogens is 143 g/mol. The molecule has 0 spiro atoms. The minimum absolute atomic E-state index is 0.197. The largest absolute Gasteiger partial charge is 0.380 e. The fourth-order valence-electron chi connectivity index (χ4n) is 0.970. The molecule has 0 N–H and O–H groups in total. The Morgan fingerprint density at radius 3 is 2.82 bits per heavy atom. The first-order valence-electron chi connectivity index (χ1n) is 3.48. The maximum atomic E-state index is 12.9. The van der Waals surface area contributed by atoms with Crippen LogP contribution in [0.3, 0.4) is 0 Å². The lowest BCUT2D eigenvalue weighted by Gasteiger charge is -2.01. The average molecular weight is 154 g/mol. The van der Waals surface area contributed by atoms with Crippen LogP contribution in [0.5, 0.6) is 0 Å². The number of ether oxygens (including phenoxy) is 1. The highest BCUT2D eigenvalue weighted by Crippen LogP contribution is 2.10. The Kier molecular flexibility index (Phi) is 2.60. The van der Waals surface area contributed by atoms with Gasteiger partial charge < -0.3 is 4.74 Å². The maximum absolute atomic E-state index is 12.9. The molecule has 0 unspecified atom stereocenters. The molecule has 0 saturated carbocycles. The van der Waals surface area contributed by atoms with Gasteiger partial charge in [0.1, 0.15) is 5.82 Å². The molecule has 0 atom stereocenters. The van der Waals surface area contributed by atoms with E-state index in [1.165, 1.54) is 6.07 Å². The highest BCUT2D eigenvalue weighted by molar-refractivity contribution is 5.23. The van der Waals surface area contributed by atoms with Crippen LogP contribution in [-0.4, -0.2) is 7.11 Å². The van der Waals surface area contributed by atoms with Crippen molar-refractivity contribution in [2.24, 2.45) is 0 Å². The van der Waals surface area contributed by atoms with Gasteiger partial charge in [-0.05, 0) is 13.0 Å². The highest BCUT2D eigenvalue weighted by atomic mass is 19.1. The van der Waals surface area contributed by atoms with Crippen LogP contribution in [0.1, 0.15) is 11.1 Å². The predicted octanol–water partition coefficient (Wildman–Crippen LogP) is 2.28. The van der Waals surface area contributed by atoms with Crippen molar-refractivity contribution in [3.63, 3.8) is 0 Å². The van der Waals surface area contributed by atoms with Crippen LogP contribution in [0.25, 0.3) is 0 Å². The number of hydrogen-bond acceptors (Lipinski definition) is 1. The van der Waals surface area contributed by atoms with E-state index < -0.39 is 0 Å². The van der Waals surface area contributed by atoms with Gasteiger partial charge in [-0.3, -0.25) is 0 Å². The molecule has 0 aliphatic heterocycles. The molecule has 0 bridgehead atoms. The standard InChI is InChI=1S/C9H11FO/c1-7-3-4-9(10)8(5-7)6-11-2/h3-5H,6H2,1-2H3. The zero-order valence-corrected chi connectivity index (χ0v) is 6.73. The molecule has 2 heteroatoms. The van der Waals surface area contributed by atoms with Crippen molar-refractivity contribution in [3.8, 4) is 0 Å². The quantitative estimate of drug-likeness (QED) is 0.635. The van der Waals surface area contributed by atoms with E-state index in [1.54, 1.807) is 19.2 Å². The van der Waals surface area contributed by atoms with Crippen molar-refractivity contribution < 1.29 is 9.13 Å². The smallest absolute Gasteiger partial charge is 0.128 e. The van der Waals surface area contributed by atoms with Crippen molar-refractivity contribution in [1.29, 1.82) is 0 Å². The maximum Gasteiger partial charge on any atom is 0.128 e. The molecule has 0 amide bonds. The summed E-state index contributed by atoms with van der Waals surface area (Å²) in [6.07, 6.45) is 0. The van der Waals surface area contributed by atoms with E-state index >= 15 is 0 Å². The van der Waals surface area contributed by atoms with Crippen molar-refractivity contribution >= 4 is 0 Å². The SMILES string of the molecule is COCc1cc(C)ccc1F. The number of hydrogen-bond donors (Lipinski definition) is 0. The normalized spacial score (nSPS) is 10.1. The molecule has 0 aromatic heterocycles. The summed E-state index contributed by atoms with van der Waals surface area (Å²) >= 11 is 0. The summed E-state index contributed by atoms with van der Waals surface area (Å²) in [5.74, 6) is -0.197. The number of rotatable bonds is 2. The van der Waals surface area contributed by atoms with E-state index in [0.29, 0.717) is 12.2 Å². The van der Waals surface area contributed by atoms with Gasteiger partial charge in [-0.25, -0.2) is 4.39 Å². The molecule has 11 heavy (non-hydrogen) atoms. The first kappa shape index (κ1) is 8.21. The van der Waals surface area contributed by atoms with Gasteiger partial charge in [0, 0.05) is 12.7 Å². The molecule has 0 fully saturated rings. The van der Waals surface area contributed by atoms with Gasteiger partial charge in [-0.1, -0.05) is 17.7 Å². The summed E-state index contributed by atoms with van der Waals surface area (Å²) in [5, 5.41) is 0. The second kappa shape index (κ2) is 3.49. The molecular formula is C9H11FO. The van der Waals surface area contributed by atoms with Gasteiger partial charge in [-0.15, -0.1) is 0 Å². The fourth-order valence-corrected chi connectivity index (χ4v) is 0.970. The van der Waals surface area contributed by atoms with Gasteiger partial charge in [0.2, 0.25) is 0 Å². The third-order valence-electron chi connectivity index (χ3n) is 1.50. The zero-order valence-electron chi connectivity index (χ0n) is 6.73. The van der Waals surface area contributed by atoms with Gasteiger partial charge in [-0.2, -0.15) is 0 Å². The molecule has 1 aromatic carbocycles. The third kappa shape index (κ3) is 2.02. The molecule has 0 heterocycles. The van der Waals surface area contributed by atoms with Crippen LogP contribution in [0.15, 0.2) is 18.2 Å². The van der Waals surface area contributed by atoms with Crippen LogP contribution < -0.4 is 0 Å². The van der Waals surface area contributed by atoms with E-state index in [0.717, 1.165) is 5.56 Å². The van der Waals surface area contributed by atoms with Crippen molar-refractivity contribution in [3.05, 3.63) is 35.1 Å². The summed E-state index contributed by atoms with van der Waals surface area (Å²) in [6.45, 7) is 2.27.